The Hall–Kier alpha value is -2.78. The van der Waals surface area contributed by atoms with Gasteiger partial charge in [-0.3, -0.25) is 4.99 Å². The molecule has 3 rings (SSSR count). The van der Waals surface area contributed by atoms with Crippen molar-refractivity contribution >= 4 is 11.8 Å². The topological polar surface area (TPSA) is 67.9 Å². The zero-order chi connectivity index (χ0) is 23.3. The first-order chi connectivity index (χ1) is 15.2. The quantitative estimate of drug-likeness (QED) is 0.429. The van der Waals surface area contributed by atoms with Gasteiger partial charge in [0.15, 0.2) is 0 Å². The van der Waals surface area contributed by atoms with E-state index in [9.17, 15) is 4.79 Å². The average molecular weight is 436 g/mol. The number of hydrogen-bond donors (Lipinski definition) is 1. The predicted molar refractivity (Wildman–Crippen MR) is 131 cm³/mol. The second kappa shape index (κ2) is 10.2. The summed E-state index contributed by atoms with van der Waals surface area (Å²) in [7, 11) is 0. The number of nitrogens with zero attached hydrogens (tertiary/aromatic N) is 2. The van der Waals surface area contributed by atoms with E-state index in [1.165, 1.54) is 16.7 Å². The van der Waals surface area contributed by atoms with Crippen molar-refractivity contribution in [2.45, 2.75) is 78.7 Å². The lowest BCUT2D eigenvalue weighted by Crippen LogP contribution is -2.40. The zero-order valence-corrected chi connectivity index (χ0v) is 20.3. The van der Waals surface area contributed by atoms with Gasteiger partial charge in [-0.2, -0.15) is 0 Å². The molecule has 2 heterocycles. The van der Waals surface area contributed by atoms with Gasteiger partial charge in [-0.25, -0.2) is 4.79 Å². The second-order valence-electron chi connectivity index (χ2n) is 9.68. The Bertz CT molecular complexity index is 967. The van der Waals surface area contributed by atoms with Gasteiger partial charge in [-0.15, -0.1) is 5.73 Å². The highest BCUT2D eigenvalue weighted by molar-refractivity contribution is 5.98. The number of piperidine rings is 1. The fourth-order valence-electron chi connectivity index (χ4n) is 4.12. The zero-order valence-electron chi connectivity index (χ0n) is 20.3. The number of aliphatic imine (C=N–C) groups is 1. The summed E-state index contributed by atoms with van der Waals surface area (Å²) in [4.78, 5) is 19.1. The number of hydrogen-bond acceptors (Lipinski definition) is 4. The number of ether oxygens (including phenoxy) is 1. The third kappa shape index (κ3) is 6.37. The third-order valence-electron chi connectivity index (χ3n) is 5.78. The summed E-state index contributed by atoms with van der Waals surface area (Å²) in [5.74, 6) is 0. The number of carbonyl (C=O) groups excluding carboxylic acids is 1. The molecular weight excluding hydrogens is 398 g/mol. The first kappa shape index (κ1) is 23.9. The summed E-state index contributed by atoms with van der Waals surface area (Å²) in [6, 6.07) is 0. The van der Waals surface area contributed by atoms with Crippen LogP contribution in [-0.2, 0) is 4.74 Å². The molecule has 2 aliphatic heterocycles. The molecule has 0 unspecified atom stereocenters. The van der Waals surface area contributed by atoms with Crippen LogP contribution in [0.1, 0.15) is 73.1 Å². The minimum absolute atomic E-state index is 0.220. The van der Waals surface area contributed by atoms with Gasteiger partial charge < -0.3 is 15.4 Å². The molecule has 1 amide bonds. The fourth-order valence-corrected chi connectivity index (χ4v) is 4.12. The van der Waals surface area contributed by atoms with Crippen molar-refractivity contribution in [1.29, 1.82) is 0 Å². The van der Waals surface area contributed by atoms with Gasteiger partial charge in [-0.1, -0.05) is 24.6 Å². The van der Waals surface area contributed by atoms with E-state index in [1.807, 2.05) is 20.8 Å². The minimum Gasteiger partial charge on any atom is -0.444 e. The van der Waals surface area contributed by atoms with E-state index in [0.717, 1.165) is 61.2 Å². The van der Waals surface area contributed by atoms with Crippen LogP contribution in [0.3, 0.4) is 0 Å². The number of carbonyl (C=O) groups is 1. The van der Waals surface area contributed by atoms with Crippen LogP contribution in [0.5, 0.6) is 0 Å². The maximum atomic E-state index is 12.3. The molecule has 3 aliphatic rings. The number of likely N-dealkylation sites (tertiary alicyclic amines) is 1. The van der Waals surface area contributed by atoms with Crippen LogP contribution < -0.4 is 5.73 Å². The van der Waals surface area contributed by atoms with Crippen molar-refractivity contribution < 1.29 is 9.53 Å². The largest absolute Gasteiger partial charge is 0.444 e. The number of nitrogens with two attached hydrogens (primary N) is 1. The van der Waals surface area contributed by atoms with E-state index in [2.05, 4.69) is 43.9 Å². The minimum atomic E-state index is -0.460. The molecule has 0 bridgehead atoms. The molecule has 2 N–H and O–H groups in total. The van der Waals surface area contributed by atoms with E-state index in [4.69, 9.17) is 15.5 Å². The Labute approximate surface area is 192 Å². The Morgan fingerprint density at radius 2 is 1.97 bits per heavy atom. The van der Waals surface area contributed by atoms with Crippen LogP contribution in [0.15, 0.2) is 68.7 Å². The molecular formula is C27H37N3O2. The average Bonchev–Trinajstić information content (AvgIpc) is 2.88. The van der Waals surface area contributed by atoms with E-state index < -0.39 is 5.60 Å². The summed E-state index contributed by atoms with van der Waals surface area (Å²) >= 11 is 0. The Kier molecular flexibility index (Phi) is 7.63. The van der Waals surface area contributed by atoms with E-state index >= 15 is 0 Å². The van der Waals surface area contributed by atoms with Gasteiger partial charge in [0.2, 0.25) is 0 Å². The van der Waals surface area contributed by atoms with Gasteiger partial charge in [0.05, 0.1) is 11.4 Å². The van der Waals surface area contributed by atoms with Crippen molar-refractivity contribution in [1.82, 2.24) is 4.90 Å². The maximum absolute atomic E-state index is 12.3. The van der Waals surface area contributed by atoms with Crippen molar-refractivity contribution in [3.63, 3.8) is 0 Å². The first-order valence-corrected chi connectivity index (χ1v) is 11.7. The highest BCUT2D eigenvalue weighted by Crippen LogP contribution is 2.29. The first-order valence-electron chi connectivity index (χ1n) is 11.7. The summed E-state index contributed by atoms with van der Waals surface area (Å²) in [5, 5.41) is 0. The second-order valence-corrected chi connectivity index (χ2v) is 9.68. The molecule has 1 fully saturated rings. The smallest absolute Gasteiger partial charge is 0.410 e. The number of allylic oxidation sites excluding steroid dienone is 6. The molecule has 5 nitrogen and oxygen atoms in total. The molecule has 0 saturated carbocycles. The van der Waals surface area contributed by atoms with Crippen LogP contribution in [0.25, 0.3) is 0 Å². The summed E-state index contributed by atoms with van der Waals surface area (Å²) in [6.07, 6.45) is 13.7. The molecule has 0 radical (unpaired) electrons. The van der Waals surface area contributed by atoms with Crippen LogP contribution in [0.2, 0.25) is 0 Å². The van der Waals surface area contributed by atoms with Crippen molar-refractivity contribution in [3.8, 4) is 0 Å². The number of amides is 1. The monoisotopic (exact) mass is 435 g/mol. The number of fused-ring (bicyclic) bond motifs is 1. The van der Waals surface area contributed by atoms with Crippen molar-refractivity contribution in [3.05, 3.63) is 63.7 Å². The van der Waals surface area contributed by atoms with Gasteiger partial charge in [0, 0.05) is 30.8 Å². The summed E-state index contributed by atoms with van der Waals surface area (Å²) < 4.78 is 5.50. The summed E-state index contributed by atoms with van der Waals surface area (Å²) in [5.41, 5.74) is 16.9. The van der Waals surface area contributed by atoms with Crippen LogP contribution in [0.4, 0.5) is 4.79 Å². The van der Waals surface area contributed by atoms with Gasteiger partial charge in [0.1, 0.15) is 5.60 Å². The normalized spacial score (nSPS) is 21.9. The van der Waals surface area contributed by atoms with E-state index in [-0.39, 0.29) is 6.09 Å². The van der Waals surface area contributed by atoms with Crippen molar-refractivity contribution in [2.75, 3.05) is 13.1 Å². The predicted octanol–water partition coefficient (Wildman–Crippen LogP) is 6.12. The lowest BCUT2D eigenvalue weighted by atomic mass is 9.97. The van der Waals surface area contributed by atoms with E-state index in [0.29, 0.717) is 13.1 Å². The molecule has 1 saturated heterocycles. The van der Waals surface area contributed by atoms with Crippen LogP contribution in [-0.4, -0.2) is 35.4 Å². The SMILES string of the molecule is CCC1=C=CCCC2=CC(C)=CC(CC=C3CCN(C(=O)OC(C)(C)C)CC3)=N/C2=C/1N. The molecule has 172 valence electrons. The van der Waals surface area contributed by atoms with Crippen LogP contribution >= 0.6 is 0 Å². The highest BCUT2D eigenvalue weighted by Gasteiger charge is 2.24. The maximum Gasteiger partial charge on any atom is 0.410 e. The third-order valence-corrected chi connectivity index (χ3v) is 5.78. The van der Waals surface area contributed by atoms with Gasteiger partial charge in [-0.05, 0) is 83.1 Å². The Morgan fingerprint density at radius 3 is 2.62 bits per heavy atom. The number of rotatable bonds is 3. The molecule has 0 spiro atoms. The van der Waals surface area contributed by atoms with Crippen molar-refractivity contribution in [2.24, 2.45) is 10.7 Å². The van der Waals surface area contributed by atoms with Gasteiger partial charge >= 0.3 is 6.09 Å². The molecule has 0 atom stereocenters. The van der Waals surface area contributed by atoms with Gasteiger partial charge in [0.25, 0.3) is 0 Å². The molecule has 0 aromatic rings. The lowest BCUT2D eigenvalue weighted by molar-refractivity contribution is 0.0236. The lowest BCUT2D eigenvalue weighted by Gasteiger charge is -2.31. The molecule has 5 heteroatoms. The Morgan fingerprint density at radius 1 is 1.25 bits per heavy atom. The Balaban J connectivity index is 1.73. The fraction of sp³-hybridized carbons (Fsp3) is 0.519. The summed E-state index contributed by atoms with van der Waals surface area (Å²) in [6.45, 7) is 11.3. The molecule has 1 aliphatic carbocycles. The van der Waals surface area contributed by atoms with Crippen LogP contribution in [0, 0.1) is 0 Å². The standard InChI is InChI=1S/C27H37N3O2/c1-6-21-9-7-8-10-22-17-19(2)18-23(29-25(22)24(21)28)12-11-20-13-15-30(16-14-20)26(31)32-27(3,4)5/h7,11,17-18H,6,8,10,12-16,28H2,1-5H3/b25-24-. The highest BCUT2D eigenvalue weighted by atomic mass is 16.6. The molecule has 0 aromatic heterocycles. The molecule has 0 aromatic carbocycles. The molecule has 32 heavy (non-hydrogen) atoms. The van der Waals surface area contributed by atoms with E-state index in [1.54, 1.807) is 4.90 Å².